The van der Waals surface area contributed by atoms with Gasteiger partial charge in [-0.3, -0.25) is 0 Å². The first-order chi connectivity index (χ1) is 13.1. The second kappa shape index (κ2) is 8.86. The van der Waals surface area contributed by atoms with Gasteiger partial charge in [-0.2, -0.15) is 13.3 Å². The van der Waals surface area contributed by atoms with E-state index < -0.39 is 6.61 Å². The summed E-state index contributed by atoms with van der Waals surface area (Å²) in [6, 6.07) is 15.4. The van der Waals surface area contributed by atoms with E-state index in [1.165, 1.54) is 30.7 Å². The van der Waals surface area contributed by atoms with Crippen LogP contribution in [0.3, 0.4) is 0 Å². The fraction of sp³-hybridized carbons (Fsp3) is 0.318. The molecule has 2 heterocycles. The van der Waals surface area contributed by atoms with E-state index in [1.54, 1.807) is 12.1 Å². The van der Waals surface area contributed by atoms with Crippen LogP contribution in [0.5, 0.6) is 5.75 Å². The van der Waals surface area contributed by atoms with Crippen molar-refractivity contribution in [3.63, 3.8) is 0 Å². The van der Waals surface area contributed by atoms with E-state index in [0.717, 1.165) is 29.9 Å². The Morgan fingerprint density at radius 3 is 2.36 bits per heavy atom. The summed E-state index contributed by atoms with van der Waals surface area (Å²) in [5.41, 5.74) is 4.40. The van der Waals surface area contributed by atoms with E-state index in [2.05, 4.69) is 51.3 Å². The molecule has 2 aromatic carbocycles. The molecule has 0 fully saturated rings. The standard InChI is InChI=1S/C22H23F2N2O.BrH/c1-16-6-10-18(11-7-16)26-20(15-25-14-4-2-3-5-21(25)26)17-8-12-19(13-9-17)27-22(23)24;/h6-13,15,22H,2-5,14H2,1H3;1H/q+1;/p-1. The third-order valence-corrected chi connectivity index (χ3v) is 5.08. The Balaban J connectivity index is 0.00000225. The lowest BCUT2D eigenvalue weighted by molar-refractivity contribution is -0.702. The number of nitrogens with zero attached hydrogens (tertiary/aromatic N) is 2. The number of hydrogen-bond acceptors (Lipinski definition) is 1. The Bertz CT molecular complexity index is 921. The van der Waals surface area contributed by atoms with Gasteiger partial charge in [0.15, 0.2) is 5.69 Å². The van der Waals surface area contributed by atoms with Gasteiger partial charge < -0.3 is 21.7 Å². The highest BCUT2D eigenvalue weighted by molar-refractivity contribution is 5.62. The molecule has 0 amide bonds. The van der Waals surface area contributed by atoms with Crippen LogP contribution >= 0.6 is 0 Å². The van der Waals surface area contributed by atoms with Crippen molar-refractivity contribution in [2.75, 3.05) is 0 Å². The molecule has 1 aromatic heterocycles. The average molecular weight is 449 g/mol. The van der Waals surface area contributed by atoms with Crippen LogP contribution in [0.15, 0.2) is 54.7 Å². The Hall–Kier alpha value is -2.21. The lowest BCUT2D eigenvalue weighted by atomic mass is 10.1. The van der Waals surface area contributed by atoms with Crippen molar-refractivity contribution in [2.45, 2.75) is 45.8 Å². The summed E-state index contributed by atoms with van der Waals surface area (Å²) in [6.07, 6.45) is 6.81. The predicted octanol–water partition coefficient (Wildman–Crippen LogP) is 2.07. The Morgan fingerprint density at radius 1 is 0.964 bits per heavy atom. The summed E-state index contributed by atoms with van der Waals surface area (Å²) >= 11 is 0. The minimum atomic E-state index is -2.81. The van der Waals surface area contributed by atoms with E-state index >= 15 is 0 Å². The molecule has 0 N–H and O–H groups in total. The van der Waals surface area contributed by atoms with Crippen molar-refractivity contribution in [3.05, 3.63) is 66.1 Å². The molecule has 1 aliphatic rings. The number of halogens is 3. The molecule has 6 heteroatoms. The largest absolute Gasteiger partial charge is 1.00 e. The van der Waals surface area contributed by atoms with Gasteiger partial charge in [0.25, 0.3) is 5.82 Å². The number of rotatable bonds is 4. The predicted molar refractivity (Wildman–Crippen MR) is 100 cm³/mol. The monoisotopic (exact) mass is 448 g/mol. The Labute approximate surface area is 174 Å². The fourth-order valence-electron chi connectivity index (χ4n) is 3.73. The molecule has 0 spiro atoms. The third-order valence-electron chi connectivity index (χ3n) is 5.08. The lowest BCUT2D eigenvalue weighted by Gasteiger charge is -2.07. The quantitative estimate of drug-likeness (QED) is 0.558. The number of aryl methyl sites for hydroxylation is 2. The summed E-state index contributed by atoms with van der Waals surface area (Å²) < 4.78 is 34.0. The van der Waals surface area contributed by atoms with Gasteiger partial charge in [0.05, 0.1) is 6.54 Å². The molecule has 0 unspecified atom stereocenters. The van der Waals surface area contributed by atoms with Gasteiger partial charge in [0.1, 0.15) is 17.6 Å². The zero-order valence-corrected chi connectivity index (χ0v) is 17.3. The second-order valence-electron chi connectivity index (χ2n) is 7.01. The van der Waals surface area contributed by atoms with E-state index in [-0.39, 0.29) is 22.7 Å². The Kier molecular flexibility index (Phi) is 6.50. The summed E-state index contributed by atoms with van der Waals surface area (Å²) in [6.45, 7) is 0.282. The maximum atomic E-state index is 12.4. The smallest absolute Gasteiger partial charge is 0.387 e. The van der Waals surface area contributed by atoms with Gasteiger partial charge >= 0.3 is 6.61 Å². The van der Waals surface area contributed by atoms with Crippen LogP contribution in [0.1, 0.15) is 30.7 Å². The number of imidazole rings is 1. The molecular weight excluding hydrogens is 426 g/mol. The van der Waals surface area contributed by atoms with Gasteiger partial charge in [0.2, 0.25) is 0 Å². The van der Waals surface area contributed by atoms with Gasteiger partial charge in [0, 0.05) is 12.0 Å². The number of ether oxygens (including phenoxy) is 1. The van der Waals surface area contributed by atoms with Crippen LogP contribution in [0.4, 0.5) is 8.78 Å². The SMILES string of the molecule is Cc1ccc(-n2c(-c3ccc(OC(F)F)cc3)c[n+]3c2CCCCC3)cc1.[Br-]. The van der Waals surface area contributed by atoms with E-state index in [0.29, 0.717) is 0 Å². The van der Waals surface area contributed by atoms with Gasteiger partial charge in [-0.15, -0.1) is 0 Å². The first-order valence-corrected chi connectivity index (χ1v) is 9.38. The zero-order valence-electron chi connectivity index (χ0n) is 15.7. The molecule has 0 saturated carbocycles. The van der Waals surface area contributed by atoms with Crippen molar-refractivity contribution < 1.29 is 35.1 Å². The van der Waals surface area contributed by atoms with Crippen molar-refractivity contribution in [1.29, 1.82) is 0 Å². The van der Waals surface area contributed by atoms with Crippen LogP contribution in [0, 0.1) is 6.92 Å². The summed E-state index contributed by atoms with van der Waals surface area (Å²) in [7, 11) is 0. The van der Waals surface area contributed by atoms with Crippen LogP contribution < -0.4 is 26.3 Å². The number of benzene rings is 2. The molecule has 3 nitrogen and oxygen atoms in total. The number of hydrogen-bond donors (Lipinski definition) is 0. The molecule has 3 aromatic rings. The Morgan fingerprint density at radius 2 is 1.68 bits per heavy atom. The third kappa shape index (κ3) is 4.27. The highest BCUT2D eigenvalue weighted by Gasteiger charge is 2.27. The van der Waals surface area contributed by atoms with Crippen molar-refractivity contribution in [2.24, 2.45) is 0 Å². The summed E-state index contributed by atoms with van der Waals surface area (Å²) in [4.78, 5) is 0. The highest BCUT2D eigenvalue weighted by atomic mass is 79.9. The van der Waals surface area contributed by atoms with Gasteiger partial charge in [-0.05, 0) is 62.6 Å². The minimum Gasteiger partial charge on any atom is -1.00 e. The number of fused-ring (bicyclic) bond motifs is 1. The first kappa shape index (κ1) is 20.5. The van der Waals surface area contributed by atoms with Crippen molar-refractivity contribution >= 4 is 0 Å². The number of alkyl halides is 2. The molecular formula is C22H23BrF2N2O. The average Bonchev–Trinajstić information content (AvgIpc) is 2.85. The molecule has 0 aliphatic carbocycles. The zero-order chi connectivity index (χ0) is 18.8. The maximum Gasteiger partial charge on any atom is 0.387 e. The van der Waals surface area contributed by atoms with Crippen LogP contribution in [-0.2, 0) is 13.0 Å². The molecule has 1 aliphatic heterocycles. The van der Waals surface area contributed by atoms with E-state index in [1.807, 2.05) is 12.1 Å². The summed E-state index contributed by atoms with van der Waals surface area (Å²) in [5.74, 6) is 1.47. The van der Waals surface area contributed by atoms with Crippen LogP contribution in [0.2, 0.25) is 0 Å². The van der Waals surface area contributed by atoms with Gasteiger partial charge in [-0.25, -0.2) is 4.57 Å². The van der Waals surface area contributed by atoms with Crippen LogP contribution in [0.25, 0.3) is 16.9 Å². The molecule has 28 heavy (non-hydrogen) atoms. The molecule has 148 valence electrons. The molecule has 4 rings (SSSR count). The normalized spacial score (nSPS) is 13.6. The highest BCUT2D eigenvalue weighted by Crippen LogP contribution is 2.28. The van der Waals surface area contributed by atoms with E-state index in [9.17, 15) is 8.78 Å². The topological polar surface area (TPSA) is 18.0 Å². The van der Waals surface area contributed by atoms with E-state index in [4.69, 9.17) is 0 Å². The first-order valence-electron chi connectivity index (χ1n) is 9.38. The fourth-order valence-corrected chi connectivity index (χ4v) is 3.73. The number of aromatic nitrogens is 2. The minimum absolute atomic E-state index is 0. The van der Waals surface area contributed by atoms with Crippen molar-refractivity contribution in [1.82, 2.24) is 4.57 Å². The maximum absolute atomic E-state index is 12.4. The molecule has 0 atom stereocenters. The molecule has 0 saturated heterocycles. The van der Waals surface area contributed by atoms with Crippen LogP contribution in [-0.4, -0.2) is 11.2 Å². The molecule has 0 bridgehead atoms. The van der Waals surface area contributed by atoms with Gasteiger partial charge in [-0.1, -0.05) is 17.7 Å². The lowest BCUT2D eigenvalue weighted by Crippen LogP contribution is -3.00. The van der Waals surface area contributed by atoms with Crippen molar-refractivity contribution in [3.8, 4) is 22.7 Å². The second-order valence-corrected chi connectivity index (χ2v) is 7.01. The summed E-state index contributed by atoms with van der Waals surface area (Å²) in [5, 5.41) is 0. The molecule has 0 radical (unpaired) electrons.